The first kappa shape index (κ1) is 6.22. The number of hydrogen-bond donors (Lipinski definition) is 0. The Balaban J connectivity index is 3.14. The van der Waals surface area contributed by atoms with Gasteiger partial charge in [-0.05, 0) is 18.9 Å². The summed E-state index contributed by atoms with van der Waals surface area (Å²) in [6.45, 7) is 2.17. The molecule has 0 aromatic carbocycles. The van der Waals surface area contributed by atoms with E-state index in [4.69, 9.17) is 0 Å². The molecule has 38 valence electrons. The van der Waals surface area contributed by atoms with Gasteiger partial charge in [-0.15, -0.1) is 0 Å². The Bertz CT molecular complexity index is 51.0. The Hall–Kier alpha value is 0.220. The van der Waals surface area contributed by atoms with Crippen molar-refractivity contribution in [3.8, 4) is 0 Å². The van der Waals surface area contributed by atoms with E-state index in [0.717, 1.165) is 0 Å². The third-order valence-electron chi connectivity index (χ3n) is 0.500. The molecule has 6 heavy (non-hydrogen) atoms. The fourth-order valence-corrected chi connectivity index (χ4v) is 1.000. The van der Waals surface area contributed by atoms with Gasteiger partial charge in [-0.3, -0.25) is 0 Å². The van der Waals surface area contributed by atoms with Gasteiger partial charge in [0.25, 0.3) is 0 Å². The molecule has 0 nitrogen and oxygen atoms in total. The summed E-state index contributed by atoms with van der Waals surface area (Å²) in [7, 11) is 0.559. The van der Waals surface area contributed by atoms with Crippen molar-refractivity contribution in [2.45, 2.75) is 13.3 Å². The van der Waals surface area contributed by atoms with E-state index in [-0.39, 0.29) is 0 Å². The summed E-state index contributed by atoms with van der Waals surface area (Å²) in [6, 6.07) is 0. The molecule has 0 heterocycles. The fourth-order valence-electron chi connectivity index (χ4n) is 0.333. The van der Waals surface area contributed by atoms with Crippen LogP contribution in [0.3, 0.4) is 0 Å². The summed E-state index contributed by atoms with van der Waals surface area (Å²) < 4.78 is 0. The first-order valence-electron chi connectivity index (χ1n) is 2.17. The number of rotatable bonds is 1. The summed E-state index contributed by atoms with van der Waals surface area (Å²) in [5, 5.41) is 2.32. The van der Waals surface area contributed by atoms with Crippen LogP contribution in [-0.4, -0.2) is 17.9 Å². The monoisotopic (exact) mass is 104 g/mol. The van der Waals surface area contributed by atoms with E-state index >= 15 is 0 Å². The Morgan fingerprint density at radius 1 is 1.50 bits per heavy atom. The van der Waals surface area contributed by atoms with E-state index in [9.17, 15) is 0 Å². The van der Waals surface area contributed by atoms with Crippen LogP contribution in [0.25, 0.3) is 0 Å². The molecule has 0 aliphatic rings. The van der Waals surface area contributed by atoms with Gasteiger partial charge in [0, 0.05) is 0 Å². The Morgan fingerprint density at radius 3 is 2.00 bits per heavy atom. The van der Waals surface area contributed by atoms with E-state index < -0.39 is 0 Å². The summed E-state index contributed by atoms with van der Waals surface area (Å²) in [4.78, 5) is 0. The zero-order chi connectivity index (χ0) is 4.99. The molecular formula is C5H12S. The zero-order valence-corrected chi connectivity index (χ0v) is 5.51. The smallest absolute Gasteiger partial charge is 0.0239 e. The summed E-state index contributed by atoms with van der Waals surface area (Å²) >= 11 is 0. The minimum atomic E-state index is 0.559. The minimum absolute atomic E-state index is 0.559. The molecule has 0 radical (unpaired) electrons. The second-order valence-electron chi connectivity index (χ2n) is 1.45. The molecule has 0 N–H and O–H groups in total. The van der Waals surface area contributed by atoms with Crippen LogP contribution >= 0.6 is 10.5 Å². The average molecular weight is 104 g/mol. The quantitative estimate of drug-likeness (QED) is 0.444. The molecule has 0 atom stereocenters. The van der Waals surface area contributed by atoms with E-state index in [0.29, 0.717) is 10.5 Å². The first-order chi connectivity index (χ1) is 2.77. The van der Waals surface area contributed by atoms with Crippen LogP contribution in [-0.2, 0) is 0 Å². The summed E-state index contributed by atoms with van der Waals surface area (Å²) in [6.07, 6.45) is 5.67. The van der Waals surface area contributed by atoms with Crippen LogP contribution in [0, 0.1) is 0 Å². The molecule has 0 spiro atoms. The molecule has 0 aliphatic heterocycles. The molecule has 0 fully saturated rings. The summed E-state index contributed by atoms with van der Waals surface area (Å²) in [5.74, 6) is 0. The van der Waals surface area contributed by atoms with Gasteiger partial charge < -0.3 is 0 Å². The van der Waals surface area contributed by atoms with Gasteiger partial charge in [-0.2, -0.15) is 10.5 Å². The predicted molar refractivity (Wildman–Crippen MR) is 35.8 cm³/mol. The van der Waals surface area contributed by atoms with Gasteiger partial charge in [0.15, 0.2) is 0 Å². The van der Waals surface area contributed by atoms with Crippen LogP contribution in [0.4, 0.5) is 0 Å². The van der Waals surface area contributed by atoms with Crippen molar-refractivity contribution in [1.29, 1.82) is 0 Å². The van der Waals surface area contributed by atoms with Gasteiger partial charge in [0.2, 0.25) is 0 Å². The van der Waals surface area contributed by atoms with E-state index in [1.54, 1.807) is 0 Å². The van der Waals surface area contributed by atoms with Crippen LogP contribution in [0.15, 0.2) is 0 Å². The van der Waals surface area contributed by atoms with Crippen LogP contribution in [0.1, 0.15) is 13.3 Å². The Kier molecular flexibility index (Phi) is 3.54. The normalized spacial score (nSPS) is 9.33. The lowest BCUT2D eigenvalue weighted by molar-refractivity contribution is 1.35. The molecular weight excluding hydrogens is 92.1 g/mol. The highest BCUT2D eigenvalue weighted by Gasteiger charge is 1.64. The van der Waals surface area contributed by atoms with Crippen LogP contribution in [0.2, 0.25) is 0 Å². The van der Waals surface area contributed by atoms with Gasteiger partial charge in [-0.1, -0.05) is 12.3 Å². The second kappa shape index (κ2) is 3.41. The van der Waals surface area contributed by atoms with Crippen LogP contribution < -0.4 is 0 Å². The zero-order valence-electron chi connectivity index (χ0n) is 4.69. The lowest BCUT2D eigenvalue weighted by Gasteiger charge is -1.83. The van der Waals surface area contributed by atoms with E-state index in [1.165, 1.54) is 6.42 Å². The lowest BCUT2D eigenvalue weighted by atomic mass is 10.6. The van der Waals surface area contributed by atoms with Crippen molar-refractivity contribution in [3.63, 3.8) is 0 Å². The highest BCUT2D eigenvalue weighted by Crippen LogP contribution is 1.94. The lowest BCUT2D eigenvalue weighted by Crippen LogP contribution is -1.64. The average Bonchev–Trinajstić information content (AvgIpc) is 1.35. The molecule has 0 saturated carbocycles. The molecule has 0 aromatic heterocycles. The standard InChI is InChI=1S/C5H12S/c1-4-5-6(2)3/h5H,4H2,1-3H3. The maximum atomic E-state index is 2.32. The topological polar surface area (TPSA) is 0 Å². The van der Waals surface area contributed by atoms with Crippen molar-refractivity contribution in [2.24, 2.45) is 0 Å². The second-order valence-corrected chi connectivity index (χ2v) is 3.55. The Morgan fingerprint density at radius 2 is 2.00 bits per heavy atom. The number of hydrogen-bond acceptors (Lipinski definition) is 0. The molecule has 0 saturated heterocycles. The third kappa shape index (κ3) is 4.22. The van der Waals surface area contributed by atoms with E-state index in [2.05, 4.69) is 24.8 Å². The van der Waals surface area contributed by atoms with Crippen molar-refractivity contribution >= 4 is 15.9 Å². The highest BCUT2D eigenvalue weighted by molar-refractivity contribution is 8.13. The minimum Gasteiger partial charge on any atom is -0.196 e. The maximum Gasteiger partial charge on any atom is -0.0239 e. The van der Waals surface area contributed by atoms with Crippen LogP contribution in [0.5, 0.6) is 0 Å². The molecule has 0 rings (SSSR count). The third-order valence-corrected chi connectivity index (χ3v) is 1.50. The molecule has 0 amide bonds. The summed E-state index contributed by atoms with van der Waals surface area (Å²) in [5.41, 5.74) is 0. The molecule has 0 aromatic rings. The highest BCUT2D eigenvalue weighted by atomic mass is 32.2. The molecule has 0 aliphatic carbocycles. The van der Waals surface area contributed by atoms with Crippen molar-refractivity contribution in [2.75, 3.05) is 12.5 Å². The molecule has 0 bridgehead atoms. The van der Waals surface area contributed by atoms with Gasteiger partial charge >= 0.3 is 0 Å². The van der Waals surface area contributed by atoms with Gasteiger partial charge in [0.05, 0.1) is 0 Å². The first-order valence-corrected chi connectivity index (χ1v) is 4.27. The molecule has 1 heteroatoms. The fraction of sp³-hybridized carbons (Fsp3) is 0.800. The van der Waals surface area contributed by atoms with Crippen molar-refractivity contribution in [3.05, 3.63) is 0 Å². The maximum absolute atomic E-state index is 2.32. The van der Waals surface area contributed by atoms with Crippen molar-refractivity contribution < 1.29 is 0 Å². The molecule has 0 unspecified atom stereocenters. The SMILES string of the molecule is CCC=S(C)C. The Labute approximate surface area is 42.5 Å². The van der Waals surface area contributed by atoms with Crippen molar-refractivity contribution in [1.82, 2.24) is 0 Å². The van der Waals surface area contributed by atoms with Gasteiger partial charge in [0.1, 0.15) is 0 Å². The largest absolute Gasteiger partial charge is 0.196 e. The van der Waals surface area contributed by atoms with Gasteiger partial charge in [-0.25, -0.2) is 0 Å². The predicted octanol–water partition coefficient (Wildman–Crippen LogP) is 1.73. The van der Waals surface area contributed by atoms with E-state index in [1.807, 2.05) is 0 Å².